The number of aromatic nitrogens is 4. The van der Waals surface area contributed by atoms with Gasteiger partial charge in [0.25, 0.3) is 0 Å². The fourth-order valence-corrected chi connectivity index (χ4v) is 2.00. The van der Waals surface area contributed by atoms with E-state index in [0.29, 0.717) is 22.8 Å². The number of halogens is 1. The Labute approximate surface area is 120 Å². The number of nitrogen functional groups attached to an aromatic ring is 1. The third-order valence-corrected chi connectivity index (χ3v) is 3.04. The molecule has 0 saturated carbocycles. The van der Waals surface area contributed by atoms with Crippen molar-refractivity contribution in [1.82, 2.24) is 20.2 Å². The highest BCUT2D eigenvalue weighted by molar-refractivity contribution is 5.62. The third-order valence-electron chi connectivity index (χ3n) is 3.04. The van der Waals surface area contributed by atoms with E-state index in [9.17, 15) is 4.39 Å². The van der Waals surface area contributed by atoms with Crippen LogP contribution in [0.3, 0.4) is 0 Å². The molecule has 0 fully saturated rings. The highest BCUT2D eigenvalue weighted by atomic mass is 19.1. The van der Waals surface area contributed by atoms with E-state index in [0.717, 1.165) is 0 Å². The van der Waals surface area contributed by atoms with Gasteiger partial charge in [-0.15, -0.1) is 5.10 Å². The van der Waals surface area contributed by atoms with Crippen LogP contribution < -0.4 is 10.5 Å². The van der Waals surface area contributed by atoms with Crippen LogP contribution in [-0.2, 0) is 0 Å². The summed E-state index contributed by atoms with van der Waals surface area (Å²) in [6, 6.07) is 11.7. The molecule has 1 heterocycles. The summed E-state index contributed by atoms with van der Waals surface area (Å²) in [5.41, 5.74) is 6.75. The Balaban J connectivity index is 2.15. The minimum atomic E-state index is -0.512. The largest absolute Gasteiger partial charge is 0.494 e. The molecule has 0 aliphatic rings. The van der Waals surface area contributed by atoms with E-state index in [-0.39, 0.29) is 5.69 Å². The van der Waals surface area contributed by atoms with Crippen LogP contribution in [-0.4, -0.2) is 27.3 Å². The van der Waals surface area contributed by atoms with Crippen LogP contribution in [0.5, 0.6) is 5.75 Å². The van der Waals surface area contributed by atoms with Gasteiger partial charge < -0.3 is 10.5 Å². The maximum atomic E-state index is 13.6. The van der Waals surface area contributed by atoms with Crippen molar-refractivity contribution >= 4 is 5.69 Å². The standard InChI is InChI=1S/C14H12FN5O/c1-21-13-5-3-2-4-12(13)20-14(17-18-19-20)9-6-7-11(16)10(15)8-9/h2-8H,16H2,1H3. The lowest BCUT2D eigenvalue weighted by molar-refractivity contribution is 0.411. The molecule has 0 spiro atoms. The fourth-order valence-electron chi connectivity index (χ4n) is 2.00. The first-order valence-electron chi connectivity index (χ1n) is 6.18. The molecule has 106 valence electrons. The van der Waals surface area contributed by atoms with Gasteiger partial charge >= 0.3 is 0 Å². The molecule has 0 unspecified atom stereocenters. The quantitative estimate of drug-likeness (QED) is 0.745. The van der Waals surface area contributed by atoms with Crippen molar-refractivity contribution in [3.63, 3.8) is 0 Å². The van der Waals surface area contributed by atoms with Crippen LogP contribution in [0, 0.1) is 5.82 Å². The van der Waals surface area contributed by atoms with Gasteiger partial charge in [0, 0.05) is 5.56 Å². The molecule has 2 aromatic carbocycles. The van der Waals surface area contributed by atoms with Crippen LogP contribution in [0.1, 0.15) is 0 Å². The van der Waals surface area contributed by atoms with E-state index in [1.165, 1.54) is 16.8 Å². The Morgan fingerprint density at radius 2 is 2.00 bits per heavy atom. The SMILES string of the molecule is COc1ccccc1-n1nnnc1-c1ccc(N)c(F)c1. The summed E-state index contributed by atoms with van der Waals surface area (Å²) >= 11 is 0. The van der Waals surface area contributed by atoms with E-state index in [2.05, 4.69) is 15.5 Å². The Kier molecular flexibility index (Phi) is 3.23. The third kappa shape index (κ3) is 2.29. The lowest BCUT2D eigenvalue weighted by Crippen LogP contribution is -2.02. The highest BCUT2D eigenvalue weighted by Gasteiger charge is 2.15. The van der Waals surface area contributed by atoms with Gasteiger partial charge in [0.05, 0.1) is 12.8 Å². The molecule has 0 bridgehead atoms. The molecule has 7 heteroatoms. The van der Waals surface area contributed by atoms with Crippen molar-refractivity contribution in [3.05, 3.63) is 48.3 Å². The number of methoxy groups -OCH3 is 1. The number of rotatable bonds is 3. The second-order valence-electron chi connectivity index (χ2n) is 4.32. The van der Waals surface area contributed by atoms with Gasteiger partial charge in [0.2, 0.25) is 0 Å². The molecule has 0 radical (unpaired) electrons. The van der Waals surface area contributed by atoms with Crippen LogP contribution in [0.15, 0.2) is 42.5 Å². The van der Waals surface area contributed by atoms with Crippen molar-refractivity contribution in [3.8, 4) is 22.8 Å². The van der Waals surface area contributed by atoms with Crippen LogP contribution in [0.2, 0.25) is 0 Å². The molecule has 0 amide bonds. The zero-order valence-corrected chi connectivity index (χ0v) is 11.2. The van der Waals surface area contributed by atoms with Gasteiger partial charge in [-0.05, 0) is 40.8 Å². The number of para-hydroxylation sites is 2. The summed E-state index contributed by atoms with van der Waals surface area (Å²) in [4.78, 5) is 0. The highest BCUT2D eigenvalue weighted by Crippen LogP contribution is 2.27. The maximum Gasteiger partial charge on any atom is 0.187 e. The number of hydrogen-bond donors (Lipinski definition) is 1. The average Bonchev–Trinajstić information content (AvgIpc) is 2.99. The molecule has 3 aromatic rings. The van der Waals surface area contributed by atoms with Crippen molar-refractivity contribution < 1.29 is 9.13 Å². The predicted molar refractivity (Wildman–Crippen MR) is 75.5 cm³/mol. The van der Waals surface area contributed by atoms with Gasteiger partial charge in [-0.1, -0.05) is 12.1 Å². The number of ether oxygens (including phenoxy) is 1. The molecular formula is C14H12FN5O. The van der Waals surface area contributed by atoms with E-state index in [4.69, 9.17) is 10.5 Å². The molecule has 0 saturated heterocycles. The smallest absolute Gasteiger partial charge is 0.187 e. The second-order valence-corrected chi connectivity index (χ2v) is 4.32. The zero-order chi connectivity index (χ0) is 14.8. The number of nitrogens with two attached hydrogens (primary N) is 1. The van der Waals surface area contributed by atoms with Crippen molar-refractivity contribution in [2.75, 3.05) is 12.8 Å². The van der Waals surface area contributed by atoms with E-state index in [1.807, 2.05) is 18.2 Å². The monoisotopic (exact) mass is 285 g/mol. The van der Waals surface area contributed by atoms with Gasteiger partial charge in [-0.3, -0.25) is 0 Å². The first-order chi connectivity index (χ1) is 10.2. The summed E-state index contributed by atoms with van der Waals surface area (Å²) in [5.74, 6) is 0.502. The number of nitrogens with zero attached hydrogens (tertiary/aromatic N) is 4. The molecule has 6 nitrogen and oxygen atoms in total. The summed E-state index contributed by atoms with van der Waals surface area (Å²) in [5, 5.41) is 11.5. The number of benzene rings is 2. The maximum absolute atomic E-state index is 13.6. The van der Waals surface area contributed by atoms with Gasteiger partial charge in [-0.25, -0.2) is 4.39 Å². The Morgan fingerprint density at radius 3 is 2.76 bits per heavy atom. The summed E-state index contributed by atoms with van der Waals surface area (Å²) in [6.07, 6.45) is 0. The van der Waals surface area contributed by atoms with Gasteiger partial charge in [0.15, 0.2) is 5.82 Å². The van der Waals surface area contributed by atoms with Crippen LogP contribution in [0.4, 0.5) is 10.1 Å². The number of tetrazole rings is 1. The van der Waals surface area contributed by atoms with E-state index in [1.54, 1.807) is 19.2 Å². The molecule has 0 aliphatic heterocycles. The Morgan fingerprint density at radius 1 is 1.19 bits per heavy atom. The van der Waals surface area contributed by atoms with Crippen molar-refractivity contribution in [2.45, 2.75) is 0 Å². The molecular weight excluding hydrogens is 273 g/mol. The van der Waals surface area contributed by atoms with E-state index >= 15 is 0 Å². The first-order valence-corrected chi connectivity index (χ1v) is 6.18. The molecule has 21 heavy (non-hydrogen) atoms. The minimum absolute atomic E-state index is 0.0788. The lowest BCUT2D eigenvalue weighted by Gasteiger charge is -2.09. The lowest BCUT2D eigenvalue weighted by atomic mass is 10.2. The molecule has 2 N–H and O–H groups in total. The molecule has 0 aliphatic carbocycles. The minimum Gasteiger partial charge on any atom is -0.494 e. The predicted octanol–water partition coefficient (Wildman–Crippen LogP) is 2.06. The van der Waals surface area contributed by atoms with Crippen LogP contribution in [0.25, 0.3) is 17.1 Å². The van der Waals surface area contributed by atoms with E-state index < -0.39 is 5.82 Å². The van der Waals surface area contributed by atoms with Crippen molar-refractivity contribution in [2.24, 2.45) is 0 Å². The number of anilines is 1. The Bertz CT molecular complexity index is 787. The molecule has 0 atom stereocenters. The fraction of sp³-hybridized carbons (Fsp3) is 0.0714. The summed E-state index contributed by atoms with van der Waals surface area (Å²) in [6.45, 7) is 0. The summed E-state index contributed by atoms with van der Waals surface area (Å²) < 4.78 is 20.4. The van der Waals surface area contributed by atoms with Crippen molar-refractivity contribution in [1.29, 1.82) is 0 Å². The number of hydrogen-bond acceptors (Lipinski definition) is 5. The molecule has 3 rings (SSSR count). The van der Waals surface area contributed by atoms with Crippen LogP contribution >= 0.6 is 0 Å². The first kappa shape index (κ1) is 13.0. The van der Waals surface area contributed by atoms with Gasteiger partial charge in [-0.2, -0.15) is 4.68 Å². The topological polar surface area (TPSA) is 78.8 Å². The zero-order valence-electron chi connectivity index (χ0n) is 11.2. The molecule has 1 aromatic heterocycles. The average molecular weight is 285 g/mol. The second kappa shape index (κ2) is 5.20. The Hall–Kier alpha value is -2.96. The van der Waals surface area contributed by atoms with Gasteiger partial charge in [0.1, 0.15) is 17.3 Å². The normalized spacial score (nSPS) is 10.6. The summed E-state index contributed by atoms with van der Waals surface area (Å²) in [7, 11) is 1.56.